The first kappa shape index (κ1) is 19.4. The summed E-state index contributed by atoms with van der Waals surface area (Å²) < 4.78 is 41.4. The zero-order valence-electron chi connectivity index (χ0n) is 16.1. The summed E-state index contributed by atoms with van der Waals surface area (Å²) in [5.41, 5.74) is 0.872. The lowest BCUT2D eigenvalue weighted by atomic mass is 9.94. The van der Waals surface area contributed by atoms with E-state index >= 15 is 0 Å². The Hall–Kier alpha value is -2.90. The number of hydrogen-bond acceptors (Lipinski definition) is 3. The number of hydrogen-bond donors (Lipinski definition) is 1. The highest BCUT2D eigenvalue weighted by atomic mass is 19.4. The predicted octanol–water partition coefficient (Wildman–Crippen LogP) is 3.98. The highest BCUT2D eigenvalue weighted by Crippen LogP contribution is 2.58. The zero-order valence-corrected chi connectivity index (χ0v) is 16.1. The minimum atomic E-state index is -4.23. The average Bonchev–Trinajstić information content (AvgIpc) is 3.41. The minimum Gasteiger partial charge on any atom is -0.348 e. The van der Waals surface area contributed by atoms with E-state index in [2.05, 4.69) is 15.4 Å². The van der Waals surface area contributed by atoms with E-state index in [0.29, 0.717) is 5.56 Å². The first-order chi connectivity index (χ1) is 13.7. The van der Waals surface area contributed by atoms with E-state index in [1.165, 1.54) is 12.1 Å². The quantitative estimate of drug-likeness (QED) is 0.702. The van der Waals surface area contributed by atoms with Gasteiger partial charge in [-0.15, -0.1) is 0 Å². The molecule has 1 amide bonds. The Morgan fingerprint density at radius 1 is 1.24 bits per heavy atom. The number of nitrogens with zero attached hydrogens (tertiary/aromatic N) is 3. The highest BCUT2D eigenvalue weighted by Gasteiger charge is 2.64. The van der Waals surface area contributed by atoms with Gasteiger partial charge in [0.1, 0.15) is 0 Å². The lowest BCUT2D eigenvalue weighted by Crippen LogP contribution is -2.29. The number of amides is 1. The molecule has 1 saturated carbocycles. The summed E-state index contributed by atoms with van der Waals surface area (Å²) in [4.78, 5) is 16.8. The van der Waals surface area contributed by atoms with Crippen molar-refractivity contribution in [3.8, 4) is 0 Å². The van der Waals surface area contributed by atoms with Gasteiger partial charge in [0.2, 0.25) is 5.91 Å². The third-order valence-electron chi connectivity index (χ3n) is 5.64. The molecule has 1 aliphatic rings. The first-order valence-electron chi connectivity index (χ1n) is 9.43. The summed E-state index contributed by atoms with van der Waals surface area (Å²) in [6, 6.07) is 7.77. The monoisotopic (exact) mass is 402 g/mol. The van der Waals surface area contributed by atoms with E-state index in [9.17, 15) is 18.0 Å². The van der Waals surface area contributed by atoms with Crippen LogP contribution in [0.25, 0.3) is 10.9 Å². The molecule has 1 N–H and O–H groups in total. The molecule has 0 aliphatic heterocycles. The summed E-state index contributed by atoms with van der Waals surface area (Å²) in [7, 11) is 1.83. The maximum absolute atomic E-state index is 13.2. The van der Waals surface area contributed by atoms with Crippen LogP contribution in [0.2, 0.25) is 0 Å². The topological polar surface area (TPSA) is 59.8 Å². The van der Waals surface area contributed by atoms with E-state index in [1.807, 2.05) is 20.0 Å². The molecule has 1 aliphatic carbocycles. The number of nitrogens with one attached hydrogen (secondary N) is 1. The van der Waals surface area contributed by atoms with E-state index in [0.717, 1.165) is 16.6 Å². The number of benzene rings is 1. The second-order valence-corrected chi connectivity index (χ2v) is 7.68. The summed E-state index contributed by atoms with van der Waals surface area (Å²) in [6.07, 6.45) is -0.426. The van der Waals surface area contributed by atoms with Gasteiger partial charge in [-0.25, -0.2) is 0 Å². The first-order valence-corrected chi connectivity index (χ1v) is 9.43. The SMILES string of the molecule is C[C@@H](NC(=O)Cc1ccc(C2(C(F)(F)F)CC2)cc1)c1cc2cnn(C)c2cn1. The molecule has 8 heteroatoms. The van der Waals surface area contributed by atoms with Crippen LogP contribution < -0.4 is 5.32 Å². The molecule has 1 fully saturated rings. The average molecular weight is 402 g/mol. The molecule has 29 heavy (non-hydrogen) atoms. The van der Waals surface area contributed by atoms with Gasteiger partial charge in [-0.2, -0.15) is 18.3 Å². The molecule has 3 aromatic rings. The molecule has 0 unspecified atom stereocenters. The third kappa shape index (κ3) is 3.59. The van der Waals surface area contributed by atoms with Gasteiger partial charge in [0.05, 0.1) is 41.5 Å². The molecule has 0 bridgehead atoms. The highest BCUT2D eigenvalue weighted by molar-refractivity contribution is 5.80. The fourth-order valence-electron chi connectivity index (χ4n) is 3.66. The molecule has 2 aromatic heterocycles. The van der Waals surface area contributed by atoms with Crippen molar-refractivity contribution in [2.24, 2.45) is 7.05 Å². The van der Waals surface area contributed by atoms with Crippen LogP contribution in [-0.4, -0.2) is 26.8 Å². The van der Waals surface area contributed by atoms with E-state index < -0.39 is 11.6 Å². The largest absolute Gasteiger partial charge is 0.398 e. The van der Waals surface area contributed by atoms with Gasteiger partial charge in [-0.3, -0.25) is 14.5 Å². The molecule has 0 spiro atoms. The van der Waals surface area contributed by atoms with Crippen molar-refractivity contribution in [1.29, 1.82) is 0 Å². The Labute approximate surface area is 165 Å². The number of aryl methyl sites for hydroxylation is 1. The Morgan fingerprint density at radius 2 is 1.93 bits per heavy atom. The Balaban J connectivity index is 1.40. The fourth-order valence-corrected chi connectivity index (χ4v) is 3.66. The molecule has 1 aromatic carbocycles. The van der Waals surface area contributed by atoms with Crippen molar-refractivity contribution in [3.63, 3.8) is 0 Å². The maximum Gasteiger partial charge on any atom is 0.398 e. The van der Waals surface area contributed by atoms with Crippen molar-refractivity contribution in [1.82, 2.24) is 20.1 Å². The molecule has 2 heterocycles. The predicted molar refractivity (Wildman–Crippen MR) is 102 cm³/mol. The molecule has 152 valence electrons. The van der Waals surface area contributed by atoms with Gasteiger partial charge in [0, 0.05) is 12.4 Å². The van der Waals surface area contributed by atoms with Crippen LogP contribution >= 0.6 is 0 Å². The number of fused-ring (bicyclic) bond motifs is 1. The number of halogens is 3. The number of rotatable bonds is 5. The van der Waals surface area contributed by atoms with Gasteiger partial charge < -0.3 is 5.32 Å². The summed E-state index contributed by atoms with van der Waals surface area (Å²) in [5, 5.41) is 8.00. The molecule has 5 nitrogen and oxygen atoms in total. The molecular weight excluding hydrogens is 381 g/mol. The number of aromatic nitrogens is 3. The summed E-state index contributed by atoms with van der Waals surface area (Å²) in [6.45, 7) is 1.84. The zero-order chi connectivity index (χ0) is 20.8. The fraction of sp³-hybridized carbons (Fsp3) is 0.381. The van der Waals surface area contributed by atoms with Crippen molar-refractivity contribution in [2.45, 2.75) is 43.8 Å². The summed E-state index contributed by atoms with van der Waals surface area (Å²) in [5.74, 6) is -0.213. The standard InChI is InChI=1S/C21H21F3N4O/c1-13(17-10-15-11-26-28(2)18(15)12-25-17)27-19(29)9-14-3-5-16(6-4-14)20(7-8-20)21(22,23)24/h3-6,10-13H,7-9H2,1-2H3,(H,27,29)/t13-/m1/s1. The molecule has 0 radical (unpaired) electrons. The Morgan fingerprint density at radius 3 is 2.55 bits per heavy atom. The van der Waals surface area contributed by atoms with Crippen molar-refractivity contribution in [2.75, 3.05) is 0 Å². The van der Waals surface area contributed by atoms with Crippen LogP contribution in [0.1, 0.15) is 42.6 Å². The molecule has 4 rings (SSSR count). The molecule has 0 saturated heterocycles. The van der Waals surface area contributed by atoms with Crippen LogP contribution in [0.4, 0.5) is 13.2 Å². The summed E-state index contributed by atoms with van der Waals surface area (Å²) >= 11 is 0. The number of pyridine rings is 1. The third-order valence-corrected chi connectivity index (χ3v) is 5.64. The van der Waals surface area contributed by atoms with Gasteiger partial charge in [0.25, 0.3) is 0 Å². The second-order valence-electron chi connectivity index (χ2n) is 7.68. The van der Waals surface area contributed by atoms with E-state index in [4.69, 9.17) is 0 Å². The van der Waals surface area contributed by atoms with Gasteiger partial charge >= 0.3 is 6.18 Å². The van der Waals surface area contributed by atoms with Gasteiger partial charge in [-0.05, 0) is 37.0 Å². The number of carbonyl (C=O) groups is 1. The Kier molecular flexibility index (Phi) is 4.59. The minimum absolute atomic E-state index is 0.0960. The number of carbonyl (C=O) groups excluding carboxylic acids is 1. The lowest BCUT2D eigenvalue weighted by Gasteiger charge is -2.20. The van der Waals surface area contributed by atoms with Crippen LogP contribution in [0.5, 0.6) is 0 Å². The van der Waals surface area contributed by atoms with Crippen molar-refractivity contribution < 1.29 is 18.0 Å². The van der Waals surface area contributed by atoms with Crippen LogP contribution in [0, 0.1) is 0 Å². The lowest BCUT2D eigenvalue weighted by molar-refractivity contribution is -0.160. The normalized spacial score (nSPS) is 16.6. The van der Waals surface area contributed by atoms with Gasteiger partial charge in [0.15, 0.2) is 0 Å². The molecular formula is C21H21F3N4O. The number of alkyl halides is 3. The maximum atomic E-state index is 13.2. The van der Waals surface area contributed by atoms with Crippen LogP contribution in [0.3, 0.4) is 0 Å². The van der Waals surface area contributed by atoms with Crippen LogP contribution in [-0.2, 0) is 23.7 Å². The smallest absolute Gasteiger partial charge is 0.348 e. The van der Waals surface area contributed by atoms with E-state index in [-0.39, 0.29) is 36.8 Å². The van der Waals surface area contributed by atoms with Crippen molar-refractivity contribution >= 4 is 16.8 Å². The van der Waals surface area contributed by atoms with Gasteiger partial charge in [-0.1, -0.05) is 24.3 Å². The van der Waals surface area contributed by atoms with E-state index in [1.54, 1.807) is 29.2 Å². The molecule has 1 atom stereocenters. The van der Waals surface area contributed by atoms with Crippen LogP contribution in [0.15, 0.2) is 42.7 Å². The second kappa shape index (κ2) is 6.86. The Bertz CT molecular complexity index is 1050. The van der Waals surface area contributed by atoms with Crippen molar-refractivity contribution in [3.05, 3.63) is 59.5 Å².